The van der Waals surface area contributed by atoms with Crippen LogP contribution >= 0.6 is 15.9 Å². The molecule has 0 heterocycles. The van der Waals surface area contributed by atoms with Gasteiger partial charge in [-0.3, -0.25) is 0 Å². The van der Waals surface area contributed by atoms with Gasteiger partial charge in [0.25, 0.3) is 0 Å². The summed E-state index contributed by atoms with van der Waals surface area (Å²) in [5.41, 5.74) is 0. The van der Waals surface area contributed by atoms with E-state index in [0.29, 0.717) is 5.92 Å². The Balaban J connectivity index is 2.82. The van der Waals surface area contributed by atoms with Crippen LogP contribution in [0.4, 0.5) is 0 Å². The predicted molar refractivity (Wildman–Crippen MR) is 57.9 cm³/mol. The van der Waals surface area contributed by atoms with Crippen LogP contribution < -0.4 is 0 Å². The van der Waals surface area contributed by atoms with Crippen LogP contribution in [0.5, 0.6) is 0 Å². The highest BCUT2D eigenvalue weighted by Crippen LogP contribution is 2.02. The van der Waals surface area contributed by atoms with Crippen LogP contribution in [0.1, 0.15) is 39.5 Å². The van der Waals surface area contributed by atoms with Gasteiger partial charge in [-0.25, -0.2) is 0 Å². The van der Waals surface area contributed by atoms with Gasteiger partial charge in [0.1, 0.15) is 0 Å². The number of alkyl halides is 1. The maximum atomic E-state index is 5.46. The van der Waals surface area contributed by atoms with Gasteiger partial charge in [0.15, 0.2) is 0 Å². The van der Waals surface area contributed by atoms with Crippen LogP contribution in [0.3, 0.4) is 0 Å². The minimum absolute atomic E-state index is 0.674. The first-order valence-corrected chi connectivity index (χ1v) is 6.03. The van der Waals surface area contributed by atoms with Crippen LogP contribution in [0.15, 0.2) is 0 Å². The summed E-state index contributed by atoms with van der Waals surface area (Å²) < 4.78 is 5.46. The van der Waals surface area contributed by atoms with Crippen molar-refractivity contribution in [3.8, 4) is 0 Å². The molecular weight excluding hydrogens is 216 g/mol. The van der Waals surface area contributed by atoms with Gasteiger partial charge >= 0.3 is 0 Å². The Kier molecular flexibility index (Phi) is 9.88. The fourth-order valence-electron chi connectivity index (χ4n) is 0.971. The van der Waals surface area contributed by atoms with E-state index in [4.69, 9.17) is 4.74 Å². The van der Waals surface area contributed by atoms with Crippen LogP contribution in [0.25, 0.3) is 0 Å². The Hall–Kier alpha value is 0.440. The van der Waals surface area contributed by atoms with Gasteiger partial charge in [0.05, 0.1) is 0 Å². The van der Waals surface area contributed by atoms with Crippen molar-refractivity contribution in [1.82, 2.24) is 0 Å². The zero-order valence-electron chi connectivity index (χ0n) is 8.31. The molecule has 0 fully saturated rings. The monoisotopic (exact) mass is 236 g/mol. The Morgan fingerprint density at radius 3 is 2.33 bits per heavy atom. The van der Waals surface area contributed by atoms with Crippen LogP contribution in [-0.2, 0) is 4.74 Å². The average Bonchev–Trinajstić information content (AvgIpc) is 2.02. The third kappa shape index (κ3) is 10.4. The number of rotatable bonds is 8. The highest BCUT2D eigenvalue weighted by atomic mass is 79.9. The molecule has 0 spiro atoms. The fourth-order valence-corrected chi connectivity index (χ4v) is 1.37. The summed E-state index contributed by atoms with van der Waals surface area (Å²) in [5, 5.41) is 1.14. The molecule has 12 heavy (non-hydrogen) atoms. The van der Waals surface area contributed by atoms with Gasteiger partial charge in [-0.05, 0) is 18.8 Å². The fraction of sp³-hybridized carbons (Fsp3) is 1.00. The second kappa shape index (κ2) is 9.53. The summed E-state index contributed by atoms with van der Waals surface area (Å²) in [6.07, 6.45) is 5.16. The molecule has 0 rings (SSSR count). The van der Waals surface area contributed by atoms with E-state index in [1.165, 1.54) is 25.7 Å². The lowest BCUT2D eigenvalue weighted by molar-refractivity contribution is 0.106. The van der Waals surface area contributed by atoms with Gasteiger partial charge in [0.2, 0.25) is 0 Å². The van der Waals surface area contributed by atoms with Gasteiger partial charge < -0.3 is 4.74 Å². The number of ether oxygens (including phenoxy) is 1. The van der Waals surface area contributed by atoms with Crippen molar-refractivity contribution in [2.75, 3.05) is 18.5 Å². The van der Waals surface area contributed by atoms with Crippen molar-refractivity contribution in [2.24, 2.45) is 5.92 Å². The minimum Gasteiger partial charge on any atom is -0.381 e. The molecule has 0 bridgehead atoms. The van der Waals surface area contributed by atoms with E-state index in [1.807, 2.05) is 0 Å². The summed E-state index contributed by atoms with van der Waals surface area (Å²) in [6.45, 7) is 6.23. The highest BCUT2D eigenvalue weighted by Gasteiger charge is 1.93. The Morgan fingerprint density at radius 1 is 1.08 bits per heavy atom. The smallest absolute Gasteiger partial charge is 0.0488 e. The van der Waals surface area contributed by atoms with Gasteiger partial charge in [-0.1, -0.05) is 42.6 Å². The quantitative estimate of drug-likeness (QED) is 0.463. The van der Waals surface area contributed by atoms with Crippen molar-refractivity contribution >= 4 is 15.9 Å². The first-order valence-electron chi connectivity index (χ1n) is 4.91. The molecule has 0 aromatic carbocycles. The molecule has 0 aromatic heterocycles. The molecule has 0 atom stereocenters. The molecule has 74 valence electrons. The standard InChI is InChI=1S/C10H21BrO/c1-10(2)9-12-8-6-4-3-5-7-11/h10H,3-9H2,1-2H3. The Morgan fingerprint density at radius 2 is 1.75 bits per heavy atom. The van der Waals surface area contributed by atoms with Crippen molar-refractivity contribution < 1.29 is 4.74 Å². The van der Waals surface area contributed by atoms with Crippen molar-refractivity contribution in [3.05, 3.63) is 0 Å². The summed E-state index contributed by atoms with van der Waals surface area (Å²) in [6, 6.07) is 0. The summed E-state index contributed by atoms with van der Waals surface area (Å²) in [7, 11) is 0. The predicted octanol–water partition coefficient (Wildman–Crippen LogP) is 3.61. The van der Waals surface area contributed by atoms with E-state index in [-0.39, 0.29) is 0 Å². The number of halogens is 1. The second-order valence-electron chi connectivity index (χ2n) is 3.57. The second-order valence-corrected chi connectivity index (χ2v) is 4.36. The Bertz CT molecular complexity index is 83.9. The molecular formula is C10H21BrO. The molecule has 0 saturated heterocycles. The molecule has 0 aliphatic carbocycles. The molecule has 0 radical (unpaired) electrons. The zero-order chi connectivity index (χ0) is 9.23. The molecule has 0 aromatic rings. The van der Waals surface area contributed by atoms with E-state index in [1.54, 1.807) is 0 Å². The number of hydrogen-bond donors (Lipinski definition) is 0. The minimum atomic E-state index is 0.674. The lowest BCUT2D eigenvalue weighted by Gasteiger charge is -2.05. The average molecular weight is 237 g/mol. The Labute approximate surface area is 85.0 Å². The molecule has 0 aliphatic rings. The van der Waals surface area contributed by atoms with E-state index in [0.717, 1.165) is 18.5 Å². The third-order valence-electron chi connectivity index (χ3n) is 1.62. The molecule has 0 aliphatic heterocycles. The van der Waals surface area contributed by atoms with Gasteiger partial charge in [-0.15, -0.1) is 0 Å². The van der Waals surface area contributed by atoms with Crippen LogP contribution in [-0.4, -0.2) is 18.5 Å². The van der Waals surface area contributed by atoms with E-state index in [2.05, 4.69) is 29.8 Å². The first-order chi connectivity index (χ1) is 5.77. The SMILES string of the molecule is CC(C)COCCCCCCBr. The number of hydrogen-bond acceptors (Lipinski definition) is 1. The van der Waals surface area contributed by atoms with Crippen molar-refractivity contribution in [3.63, 3.8) is 0 Å². The zero-order valence-corrected chi connectivity index (χ0v) is 9.90. The lowest BCUT2D eigenvalue weighted by Crippen LogP contribution is -2.02. The van der Waals surface area contributed by atoms with Crippen LogP contribution in [0, 0.1) is 5.92 Å². The highest BCUT2D eigenvalue weighted by molar-refractivity contribution is 9.09. The molecule has 0 unspecified atom stereocenters. The first kappa shape index (κ1) is 12.4. The summed E-state index contributed by atoms with van der Waals surface area (Å²) in [5.74, 6) is 0.674. The molecule has 0 N–H and O–H groups in total. The number of unbranched alkanes of at least 4 members (excludes halogenated alkanes) is 3. The van der Waals surface area contributed by atoms with Gasteiger partial charge in [-0.2, -0.15) is 0 Å². The largest absolute Gasteiger partial charge is 0.381 e. The summed E-state index contributed by atoms with van der Waals surface area (Å²) >= 11 is 3.42. The van der Waals surface area contributed by atoms with Crippen LogP contribution in [0.2, 0.25) is 0 Å². The maximum absolute atomic E-state index is 5.46. The van der Waals surface area contributed by atoms with E-state index in [9.17, 15) is 0 Å². The van der Waals surface area contributed by atoms with E-state index >= 15 is 0 Å². The third-order valence-corrected chi connectivity index (χ3v) is 2.18. The summed E-state index contributed by atoms with van der Waals surface area (Å²) in [4.78, 5) is 0. The topological polar surface area (TPSA) is 9.23 Å². The lowest BCUT2D eigenvalue weighted by atomic mass is 10.2. The molecule has 0 amide bonds. The molecule has 0 saturated carbocycles. The van der Waals surface area contributed by atoms with Crippen molar-refractivity contribution in [1.29, 1.82) is 0 Å². The van der Waals surface area contributed by atoms with Crippen molar-refractivity contribution in [2.45, 2.75) is 39.5 Å². The normalized spacial score (nSPS) is 11.0. The molecule has 2 heteroatoms. The maximum Gasteiger partial charge on any atom is 0.0488 e. The van der Waals surface area contributed by atoms with E-state index < -0.39 is 0 Å². The van der Waals surface area contributed by atoms with Gasteiger partial charge in [0, 0.05) is 18.5 Å². The molecule has 1 nitrogen and oxygen atoms in total.